The molecule has 2 aromatic rings. The van der Waals surface area contributed by atoms with Gasteiger partial charge in [-0.1, -0.05) is 5.16 Å². The van der Waals surface area contributed by atoms with Crippen molar-refractivity contribution in [3.63, 3.8) is 0 Å². The average Bonchev–Trinajstić information content (AvgIpc) is 2.93. The maximum absolute atomic E-state index is 13.8. The van der Waals surface area contributed by atoms with Gasteiger partial charge in [-0.3, -0.25) is 4.79 Å². The Morgan fingerprint density at radius 1 is 1.32 bits per heavy atom. The summed E-state index contributed by atoms with van der Waals surface area (Å²) in [5, 5.41) is 5.76. The van der Waals surface area contributed by atoms with Crippen LogP contribution < -0.4 is 5.32 Å². The summed E-state index contributed by atoms with van der Waals surface area (Å²) in [5.74, 6) is -3.53. The lowest BCUT2D eigenvalue weighted by Crippen LogP contribution is -2.35. The molecule has 1 aromatic carbocycles. The second-order valence-electron chi connectivity index (χ2n) is 4.43. The lowest BCUT2D eigenvalue weighted by molar-refractivity contribution is -0.143. The number of methoxy groups -OCH3 is 1. The van der Waals surface area contributed by atoms with Crippen molar-refractivity contribution >= 4 is 11.9 Å². The number of ether oxygens (including phenoxy) is 1. The van der Waals surface area contributed by atoms with E-state index in [-0.39, 0.29) is 11.3 Å². The van der Waals surface area contributed by atoms with Crippen LogP contribution in [0.2, 0.25) is 0 Å². The predicted octanol–water partition coefficient (Wildman–Crippen LogP) is 1.91. The summed E-state index contributed by atoms with van der Waals surface area (Å²) in [4.78, 5) is 23.8. The van der Waals surface area contributed by atoms with Crippen LogP contribution >= 0.6 is 0 Å². The molecule has 6 nitrogen and oxygen atoms in total. The first-order valence-corrected chi connectivity index (χ1v) is 6.19. The maximum Gasteiger partial charge on any atom is 0.333 e. The monoisotopic (exact) mass is 310 g/mol. The first-order chi connectivity index (χ1) is 10.4. The fourth-order valence-electron chi connectivity index (χ4n) is 1.79. The Bertz CT molecular complexity index is 715. The topological polar surface area (TPSA) is 81.4 Å². The van der Waals surface area contributed by atoms with E-state index < -0.39 is 29.6 Å². The van der Waals surface area contributed by atoms with Crippen LogP contribution in [0, 0.1) is 18.6 Å². The number of aromatic nitrogens is 1. The third-order valence-corrected chi connectivity index (χ3v) is 2.83. The van der Waals surface area contributed by atoms with E-state index in [9.17, 15) is 18.4 Å². The molecule has 1 N–H and O–H groups in total. The zero-order chi connectivity index (χ0) is 16.3. The second-order valence-corrected chi connectivity index (χ2v) is 4.43. The molecule has 0 radical (unpaired) electrons. The van der Waals surface area contributed by atoms with E-state index in [4.69, 9.17) is 4.52 Å². The SMILES string of the molecule is COC(=O)[C@H](NC(=O)c1cc(C)no1)c1cc(F)ccc1F. The van der Waals surface area contributed by atoms with Gasteiger partial charge in [-0.25, -0.2) is 13.6 Å². The van der Waals surface area contributed by atoms with E-state index in [2.05, 4.69) is 15.2 Å². The predicted molar refractivity (Wildman–Crippen MR) is 69.8 cm³/mol. The van der Waals surface area contributed by atoms with Crippen molar-refractivity contribution in [1.29, 1.82) is 0 Å². The Morgan fingerprint density at radius 2 is 2.05 bits per heavy atom. The minimum Gasteiger partial charge on any atom is -0.467 e. The quantitative estimate of drug-likeness (QED) is 0.872. The average molecular weight is 310 g/mol. The Morgan fingerprint density at radius 3 is 2.64 bits per heavy atom. The molecule has 0 aliphatic heterocycles. The van der Waals surface area contributed by atoms with Crippen LogP contribution in [0.3, 0.4) is 0 Å². The molecule has 0 saturated carbocycles. The van der Waals surface area contributed by atoms with E-state index in [1.807, 2.05) is 0 Å². The van der Waals surface area contributed by atoms with Crippen molar-refractivity contribution in [3.05, 3.63) is 52.9 Å². The van der Waals surface area contributed by atoms with Crippen molar-refractivity contribution in [1.82, 2.24) is 10.5 Å². The summed E-state index contributed by atoms with van der Waals surface area (Å²) in [6.07, 6.45) is 0. The molecule has 0 bridgehead atoms. The summed E-state index contributed by atoms with van der Waals surface area (Å²) in [6, 6.07) is 2.38. The second kappa shape index (κ2) is 6.33. The zero-order valence-corrected chi connectivity index (χ0v) is 11.7. The van der Waals surface area contributed by atoms with Crippen molar-refractivity contribution in [3.8, 4) is 0 Å². The number of hydrogen-bond acceptors (Lipinski definition) is 5. The Kier molecular flexibility index (Phi) is 4.50. The number of nitrogens with zero attached hydrogens (tertiary/aromatic N) is 1. The number of halogens is 2. The summed E-state index contributed by atoms with van der Waals surface area (Å²) >= 11 is 0. The number of esters is 1. The molecule has 2 rings (SSSR count). The number of benzene rings is 1. The van der Waals surface area contributed by atoms with Crippen LogP contribution in [0.1, 0.15) is 27.9 Å². The molecule has 0 saturated heterocycles. The summed E-state index contributed by atoms with van der Waals surface area (Å²) in [7, 11) is 1.07. The number of rotatable bonds is 4. The molecule has 116 valence electrons. The van der Waals surface area contributed by atoms with Crippen molar-refractivity contribution in [2.75, 3.05) is 7.11 Å². The Balaban J connectivity index is 2.33. The van der Waals surface area contributed by atoms with Gasteiger partial charge in [-0.05, 0) is 25.1 Å². The lowest BCUT2D eigenvalue weighted by Gasteiger charge is -2.16. The standard InChI is InChI=1S/C14H12F2N2O4/c1-7-5-11(22-18-7)13(19)17-12(14(20)21-2)9-6-8(15)3-4-10(9)16/h3-6,12H,1-2H3,(H,17,19)/t12-/m1/s1. The summed E-state index contributed by atoms with van der Waals surface area (Å²) < 4.78 is 36.4. The van der Waals surface area contributed by atoms with Gasteiger partial charge in [0.2, 0.25) is 5.76 Å². The highest BCUT2D eigenvalue weighted by molar-refractivity contribution is 5.94. The molecule has 0 aliphatic carbocycles. The summed E-state index contributed by atoms with van der Waals surface area (Å²) in [6.45, 7) is 1.60. The van der Waals surface area contributed by atoms with Gasteiger partial charge >= 0.3 is 5.97 Å². The Hall–Kier alpha value is -2.77. The van der Waals surface area contributed by atoms with Gasteiger partial charge in [-0.15, -0.1) is 0 Å². The molecule has 1 aromatic heterocycles. The van der Waals surface area contributed by atoms with Crippen LogP contribution in [0.15, 0.2) is 28.8 Å². The minimum atomic E-state index is -1.52. The third-order valence-electron chi connectivity index (χ3n) is 2.83. The largest absolute Gasteiger partial charge is 0.467 e. The number of carbonyl (C=O) groups excluding carboxylic acids is 2. The summed E-state index contributed by atoms with van der Waals surface area (Å²) in [5.41, 5.74) is 0.105. The highest BCUT2D eigenvalue weighted by Crippen LogP contribution is 2.20. The van der Waals surface area contributed by atoms with Gasteiger partial charge in [0, 0.05) is 11.6 Å². The highest BCUT2D eigenvalue weighted by Gasteiger charge is 2.28. The van der Waals surface area contributed by atoms with Gasteiger partial charge in [-0.2, -0.15) is 0 Å². The van der Waals surface area contributed by atoms with Crippen LogP contribution in [0.4, 0.5) is 8.78 Å². The van der Waals surface area contributed by atoms with E-state index >= 15 is 0 Å². The smallest absolute Gasteiger partial charge is 0.333 e. The highest BCUT2D eigenvalue weighted by atomic mass is 19.1. The van der Waals surface area contributed by atoms with E-state index in [1.54, 1.807) is 6.92 Å². The number of aryl methyl sites for hydroxylation is 1. The van der Waals surface area contributed by atoms with Gasteiger partial charge in [0.05, 0.1) is 12.8 Å². The molecule has 1 amide bonds. The third kappa shape index (κ3) is 3.27. The van der Waals surface area contributed by atoms with Crippen LogP contribution in [-0.2, 0) is 9.53 Å². The molecular weight excluding hydrogens is 298 g/mol. The number of nitrogens with one attached hydrogen (secondary N) is 1. The minimum absolute atomic E-state index is 0.164. The van der Waals surface area contributed by atoms with E-state index in [0.717, 1.165) is 25.3 Å². The fraction of sp³-hybridized carbons (Fsp3) is 0.214. The molecule has 0 unspecified atom stereocenters. The lowest BCUT2D eigenvalue weighted by atomic mass is 10.1. The molecule has 1 heterocycles. The van der Waals surface area contributed by atoms with E-state index in [0.29, 0.717) is 5.69 Å². The van der Waals surface area contributed by atoms with Gasteiger partial charge in [0.25, 0.3) is 5.91 Å². The zero-order valence-electron chi connectivity index (χ0n) is 11.7. The molecule has 0 fully saturated rings. The van der Waals surface area contributed by atoms with Gasteiger partial charge < -0.3 is 14.6 Å². The molecule has 8 heteroatoms. The van der Waals surface area contributed by atoms with Gasteiger partial charge in [0.1, 0.15) is 11.6 Å². The van der Waals surface area contributed by atoms with Crippen LogP contribution in [-0.4, -0.2) is 24.1 Å². The maximum atomic E-state index is 13.8. The number of hydrogen-bond donors (Lipinski definition) is 1. The first kappa shape index (κ1) is 15.6. The van der Waals surface area contributed by atoms with Crippen molar-refractivity contribution in [2.24, 2.45) is 0 Å². The molecule has 1 atom stereocenters. The number of amides is 1. The van der Waals surface area contributed by atoms with Gasteiger partial charge in [0.15, 0.2) is 6.04 Å². The van der Waals surface area contributed by atoms with Crippen LogP contribution in [0.25, 0.3) is 0 Å². The fourth-order valence-corrected chi connectivity index (χ4v) is 1.79. The normalized spacial score (nSPS) is 11.8. The molecule has 22 heavy (non-hydrogen) atoms. The Labute approximate surface area is 124 Å². The van der Waals surface area contributed by atoms with Crippen LogP contribution in [0.5, 0.6) is 0 Å². The molecule has 0 spiro atoms. The van der Waals surface area contributed by atoms with Crippen molar-refractivity contribution in [2.45, 2.75) is 13.0 Å². The number of carbonyl (C=O) groups is 2. The van der Waals surface area contributed by atoms with E-state index in [1.165, 1.54) is 6.07 Å². The van der Waals surface area contributed by atoms with Crippen molar-refractivity contribution < 1.29 is 27.6 Å². The molecular formula is C14H12F2N2O4. The first-order valence-electron chi connectivity index (χ1n) is 6.19. The molecule has 0 aliphatic rings.